The van der Waals surface area contributed by atoms with Gasteiger partial charge in [-0.1, -0.05) is 29.8 Å². The first kappa shape index (κ1) is 20.1. The number of rotatable bonds is 3. The molecule has 2 aromatic heterocycles. The van der Waals surface area contributed by atoms with Crippen LogP contribution in [0.15, 0.2) is 39.9 Å². The monoisotopic (exact) mass is 406 g/mol. The summed E-state index contributed by atoms with van der Waals surface area (Å²) in [7, 11) is 1.59. The second kappa shape index (κ2) is 7.89. The maximum Gasteiger partial charge on any atom is 0.332 e. The fourth-order valence-corrected chi connectivity index (χ4v) is 4.06. The summed E-state index contributed by atoms with van der Waals surface area (Å²) in [5, 5.41) is 0.213. The van der Waals surface area contributed by atoms with Crippen molar-refractivity contribution < 1.29 is 4.79 Å². The third kappa shape index (κ3) is 3.56. The highest BCUT2D eigenvalue weighted by Crippen LogP contribution is 2.19. The average molecular weight is 406 g/mol. The fourth-order valence-electron chi connectivity index (χ4n) is 4.06. The molecule has 1 amide bonds. The molecule has 1 saturated heterocycles. The molecule has 0 N–H and O–H groups in total. The first-order chi connectivity index (χ1) is 14.4. The SMILES string of the molecule is Cc1ccc(Cn2c(=O)c3c(C(=O)N4CCCCC4)cc(C)nc3n(C)c2=O)cc1. The molecule has 0 atom stereocenters. The van der Waals surface area contributed by atoms with Gasteiger partial charge in [0.05, 0.1) is 17.5 Å². The van der Waals surface area contributed by atoms with E-state index in [-0.39, 0.29) is 23.5 Å². The quantitative estimate of drug-likeness (QED) is 0.669. The van der Waals surface area contributed by atoms with Crippen molar-refractivity contribution in [3.63, 3.8) is 0 Å². The molecule has 1 aromatic carbocycles. The Kier molecular flexibility index (Phi) is 5.28. The van der Waals surface area contributed by atoms with Crippen LogP contribution in [0.1, 0.15) is 46.4 Å². The third-order valence-electron chi connectivity index (χ3n) is 5.76. The van der Waals surface area contributed by atoms with E-state index in [9.17, 15) is 14.4 Å². The van der Waals surface area contributed by atoms with E-state index in [2.05, 4.69) is 4.98 Å². The number of piperidine rings is 1. The Morgan fingerprint density at radius 3 is 2.37 bits per heavy atom. The van der Waals surface area contributed by atoms with Gasteiger partial charge in [0, 0.05) is 25.8 Å². The highest BCUT2D eigenvalue weighted by molar-refractivity contribution is 6.05. The predicted molar refractivity (Wildman–Crippen MR) is 116 cm³/mol. The Morgan fingerprint density at radius 2 is 1.70 bits per heavy atom. The molecule has 30 heavy (non-hydrogen) atoms. The Bertz CT molecular complexity index is 1230. The summed E-state index contributed by atoms with van der Waals surface area (Å²) >= 11 is 0. The number of aromatic nitrogens is 3. The van der Waals surface area contributed by atoms with Gasteiger partial charge in [-0.15, -0.1) is 0 Å². The molecule has 0 radical (unpaired) electrons. The zero-order valence-corrected chi connectivity index (χ0v) is 17.6. The van der Waals surface area contributed by atoms with Crippen LogP contribution in [-0.4, -0.2) is 38.0 Å². The molecule has 7 heteroatoms. The fraction of sp³-hybridized carbons (Fsp3) is 0.391. The van der Waals surface area contributed by atoms with E-state index in [1.54, 1.807) is 24.9 Å². The average Bonchev–Trinajstić information content (AvgIpc) is 2.76. The number of amides is 1. The lowest BCUT2D eigenvalue weighted by atomic mass is 10.1. The van der Waals surface area contributed by atoms with Crippen LogP contribution in [0.2, 0.25) is 0 Å². The van der Waals surface area contributed by atoms with Gasteiger partial charge in [0.25, 0.3) is 11.5 Å². The van der Waals surface area contributed by atoms with Crippen LogP contribution in [0, 0.1) is 13.8 Å². The summed E-state index contributed by atoms with van der Waals surface area (Å²) in [4.78, 5) is 45.9. The molecule has 1 aliphatic heterocycles. The molecule has 1 aliphatic rings. The molecule has 0 bridgehead atoms. The zero-order valence-electron chi connectivity index (χ0n) is 17.6. The highest BCUT2D eigenvalue weighted by atomic mass is 16.2. The smallest absolute Gasteiger partial charge is 0.332 e. The summed E-state index contributed by atoms with van der Waals surface area (Å²) in [5.41, 5.74) is 2.23. The molecular formula is C23H26N4O3. The Morgan fingerprint density at radius 1 is 1.03 bits per heavy atom. The van der Waals surface area contributed by atoms with Crippen LogP contribution < -0.4 is 11.2 Å². The first-order valence-corrected chi connectivity index (χ1v) is 10.3. The zero-order chi connectivity index (χ0) is 21.4. The van der Waals surface area contributed by atoms with Gasteiger partial charge in [-0.25, -0.2) is 9.78 Å². The van der Waals surface area contributed by atoms with Gasteiger partial charge in [-0.05, 0) is 44.7 Å². The van der Waals surface area contributed by atoms with E-state index in [0.29, 0.717) is 24.3 Å². The highest BCUT2D eigenvalue weighted by Gasteiger charge is 2.24. The van der Waals surface area contributed by atoms with E-state index in [0.717, 1.165) is 30.4 Å². The minimum atomic E-state index is -0.471. The van der Waals surface area contributed by atoms with Gasteiger partial charge in [-0.3, -0.25) is 18.7 Å². The number of hydrogen-bond donors (Lipinski definition) is 0. The van der Waals surface area contributed by atoms with Crippen molar-refractivity contribution >= 4 is 16.9 Å². The number of carbonyl (C=O) groups excluding carboxylic acids is 1. The lowest BCUT2D eigenvalue weighted by Crippen LogP contribution is -2.41. The normalized spacial score (nSPS) is 14.3. The van der Waals surface area contributed by atoms with Crippen LogP contribution in [0.25, 0.3) is 11.0 Å². The molecule has 3 aromatic rings. The van der Waals surface area contributed by atoms with Crippen molar-refractivity contribution in [1.29, 1.82) is 0 Å². The van der Waals surface area contributed by atoms with Crippen LogP contribution in [0.3, 0.4) is 0 Å². The molecule has 0 aliphatic carbocycles. The van der Waals surface area contributed by atoms with Crippen molar-refractivity contribution in [2.75, 3.05) is 13.1 Å². The van der Waals surface area contributed by atoms with Crippen molar-refractivity contribution in [2.45, 2.75) is 39.7 Å². The summed E-state index contributed by atoms with van der Waals surface area (Å²) in [6, 6.07) is 9.36. The number of nitrogens with zero attached hydrogens (tertiary/aromatic N) is 4. The van der Waals surface area contributed by atoms with Crippen LogP contribution in [0.5, 0.6) is 0 Å². The van der Waals surface area contributed by atoms with Gasteiger partial charge in [0.1, 0.15) is 5.65 Å². The Labute approximate surface area is 174 Å². The van der Waals surface area contributed by atoms with Gasteiger partial charge >= 0.3 is 5.69 Å². The maximum absolute atomic E-state index is 13.4. The Balaban J connectivity index is 1.91. The molecule has 0 saturated carbocycles. The number of fused-ring (bicyclic) bond motifs is 1. The van der Waals surface area contributed by atoms with Gasteiger partial charge in [-0.2, -0.15) is 0 Å². The van der Waals surface area contributed by atoms with Crippen molar-refractivity contribution in [1.82, 2.24) is 19.0 Å². The standard InChI is InChI=1S/C23H26N4O3/c1-15-7-9-17(10-8-15)14-27-22(29)19-18(21(28)26-11-5-4-6-12-26)13-16(2)24-20(19)25(3)23(27)30/h7-10,13H,4-6,11-12,14H2,1-3H3. The molecule has 0 unspecified atom stereocenters. The summed E-state index contributed by atoms with van der Waals surface area (Å²) in [6.07, 6.45) is 3.03. The van der Waals surface area contributed by atoms with E-state index in [1.165, 1.54) is 9.13 Å². The van der Waals surface area contributed by atoms with Crippen LogP contribution in [0.4, 0.5) is 0 Å². The minimum Gasteiger partial charge on any atom is -0.339 e. The van der Waals surface area contributed by atoms with Crippen molar-refractivity contribution in [3.8, 4) is 0 Å². The minimum absolute atomic E-state index is 0.146. The number of likely N-dealkylation sites (tertiary alicyclic amines) is 1. The lowest BCUT2D eigenvalue weighted by Gasteiger charge is -2.27. The van der Waals surface area contributed by atoms with Gasteiger partial charge in [0.15, 0.2) is 0 Å². The second-order valence-electron chi connectivity index (χ2n) is 8.08. The molecule has 156 valence electrons. The topological polar surface area (TPSA) is 77.2 Å². The number of hydrogen-bond acceptors (Lipinski definition) is 4. The number of aryl methyl sites for hydroxylation is 3. The molecule has 3 heterocycles. The van der Waals surface area contributed by atoms with E-state index in [1.807, 2.05) is 31.2 Å². The van der Waals surface area contributed by atoms with Crippen molar-refractivity contribution in [3.05, 3.63) is 73.6 Å². The summed E-state index contributed by atoms with van der Waals surface area (Å²) in [6.45, 7) is 5.27. The molecule has 0 spiro atoms. The lowest BCUT2D eigenvalue weighted by molar-refractivity contribution is 0.0726. The van der Waals surface area contributed by atoms with E-state index in [4.69, 9.17) is 0 Å². The van der Waals surface area contributed by atoms with Crippen molar-refractivity contribution in [2.24, 2.45) is 7.05 Å². The second-order valence-corrected chi connectivity index (χ2v) is 8.08. The summed E-state index contributed by atoms with van der Waals surface area (Å²) < 4.78 is 2.56. The number of benzene rings is 1. The predicted octanol–water partition coefficient (Wildman–Crippen LogP) is 2.39. The summed E-state index contributed by atoms with van der Waals surface area (Å²) in [5.74, 6) is -0.164. The van der Waals surface area contributed by atoms with E-state index >= 15 is 0 Å². The van der Waals surface area contributed by atoms with Crippen LogP contribution >= 0.6 is 0 Å². The first-order valence-electron chi connectivity index (χ1n) is 10.3. The van der Waals surface area contributed by atoms with Crippen LogP contribution in [-0.2, 0) is 13.6 Å². The largest absolute Gasteiger partial charge is 0.339 e. The third-order valence-corrected chi connectivity index (χ3v) is 5.76. The van der Waals surface area contributed by atoms with Gasteiger partial charge < -0.3 is 4.90 Å². The molecular weight excluding hydrogens is 380 g/mol. The molecule has 7 nitrogen and oxygen atoms in total. The molecule has 4 rings (SSSR count). The number of carbonyl (C=O) groups is 1. The Hall–Kier alpha value is -3.22. The van der Waals surface area contributed by atoms with E-state index < -0.39 is 11.2 Å². The number of pyridine rings is 1. The molecule has 1 fully saturated rings. The maximum atomic E-state index is 13.4. The van der Waals surface area contributed by atoms with Gasteiger partial charge in [0.2, 0.25) is 0 Å².